The maximum atomic E-state index is 6.83. The summed E-state index contributed by atoms with van der Waals surface area (Å²) in [6, 6.07) is 74.4. The Morgan fingerprint density at radius 2 is 0.952 bits per heavy atom. The Labute approximate surface area is 364 Å². The first-order valence-electron chi connectivity index (χ1n) is 21.8. The minimum atomic E-state index is 0.875. The highest BCUT2D eigenvalue weighted by molar-refractivity contribution is 6.15. The number of rotatable bonds is 6. The summed E-state index contributed by atoms with van der Waals surface area (Å²) in [6.45, 7) is 0. The molecule has 63 heavy (non-hydrogen) atoms. The van der Waals surface area contributed by atoms with Gasteiger partial charge in [0.1, 0.15) is 22.5 Å². The van der Waals surface area contributed by atoms with E-state index in [1.807, 2.05) is 6.07 Å². The molecular weight excluding hydrogens is 767 g/mol. The second-order valence-corrected chi connectivity index (χ2v) is 16.8. The first kappa shape index (κ1) is 35.6. The maximum Gasteiger partial charge on any atom is 0.136 e. The third kappa shape index (κ3) is 5.89. The molecule has 3 nitrogen and oxygen atoms in total. The van der Waals surface area contributed by atoms with Crippen molar-refractivity contribution in [3.63, 3.8) is 0 Å². The molecule has 3 aromatic heterocycles. The van der Waals surface area contributed by atoms with E-state index in [4.69, 9.17) is 8.83 Å². The van der Waals surface area contributed by atoms with Crippen molar-refractivity contribution in [2.24, 2.45) is 0 Å². The van der Waals surface area contributed by atoms with Gasteiger partial charge in [0.25, 0.3) is 0 Å². The lowest BCUT2D eigenvalue weighted by molar-refractivity contribution is 0.548. The van der Waals surface area contributed by atoms with Gasteiger partial charge in [-0.2, -0.15) is 0 Å². The second kappa shape index (κ2) is 14.2. The quantitative estimate of drug-likeness (QED) is 0.168. The number of nitrogens with zero attached hydrogens (tertiary/aromatic N) is 1. The van der Waals surface area contributed by atoms with Gasteiger partial charge >= 0.3 is 0 Å². The summed E-state index contributed by atoms with van der Waals surface area (Å²) in [5.41, 5.74) is 19.3. The van der Waals surface area contributed by atoms with E-state index >= 15 is 0 Å². The van der Waals surface area contributed by atoms with E-state index in [1.165, 1.54) is 66.1 Å². The van der Waals surface area contributed by atoms with E-state index in [0.717, 1.165) is 74.1 Å². The van der Waals surface area contributed by atoms with Gasteiger partial charge in [-0.05, 0) is 135 Å². The van der Waals surface area contributed by atoms with Gasteiger partial charge in [-0.25, -0.2) is 0 Å². The topological polar surface area (TPSA) is 31.2 Å². The maximum absolute atomic E-state index is 6.83. The Kier molecular flexibility index (Phi) is 8.04. The summed E-state index contributed by atoms with van der Waals surface area (Å²) in [5.74, 6) is 1.07. The number of fused-ring (bicyclic) bond motifs is 9. The third-order valence-electron chi connectivity index (χ3n) is 13.1. The number of aromatic nitrogens is 1. The average molecular weight is 806 g/mol. The van der Waals surface area contributed by atoms with Crippen molar-refractivity contribution in [2.45, 2.75) is 12.8 Å². The van der Waals surface area contributed by atoms with Gasteiger partial charge in [-0.3, -0.25) is 0 Å². The average Bonchev–Trinajstić information content (AvgIpc) is 4.03. The lowest BCUT2D eigenvalue weighted by Gasteiger charge is -2.16. The van der Waals surface area contributed by atoms with Gasteiger partial charge in [0.15, 0.2) is 0 Å². The zero-order chi connectivity index (χ0) is 41.4. The van der Waals surface area contributed by atoms with Crippen molar-refractivity contribution >= 4 is 66.4 Å². The van der Waals surface area contributed by atoms with Crippen LogP contribution < -0.4 is 0 Å². The van der Waals surface area contributed by atoms with Gasteiger partial charge in [0.2, 0.25) is 0 Å². The lowest BCUT2D eigenvalue weighted by atomic mass is 9.88. The first-order valence-corrected chi connectivity index (χ1v) is 21.8. The van der Waals surface area contributed by atoms with Crippen LogP contribution in [0, 0.1) is 0 Å². The summed E-state index contributed by atoms with van der Waals surface area (Å²) in [5, 5.41) is 5.85. The van der Waals surface area contributed by atoms with Crippen LogP contribution in [-0.2, 0) is 6.42 Å². The molecule has 0 spiro atoms. The first-order chi connectivity index (χ1) is 31.2. The molecule has 296 valence electrons. The molecule has 0 fully saturated rings. The molecule has 0 unspecified atom stereocenters. The van der Waals surface area contributed by atoms with E-state index in [2.05, 4.69) is 211 Å². The van der Waals surface area contributed by atoms with Crippen molar-refractivity contribution in [2.75, 3.05) is 0 Å². The minimum Gasteiger partial charge on any atom is -0.460 e. The van der Waals surface area contributed by atoms with Crippen molar-refractivity contribution < 1.29 is 8.83 Å². The molecule has 3 heteroatoms. The Hall–Kier alpha value is -8.14. The van der Waals surface area contributed by atoms with Crippen LogP contribution in [0.1, 0.15) is 23.3 Å². The SMILES string of the molecule is C1=C(c2cc(-c3ccccc3)cc(-c3ccc4c(c3)oc3cc(-c5cccc6c7cc(-c8ccccc8)ccc7n(-c7ccccc7)c56)ccc34)c2)CCc2oc3ccccc3c21. The highest BCUT2D eigenvalue weighted by Crippen LogP contribution is 2.43. The van der Waals surface area contributed by atoms with Crippen molar-refractivity contribution in [3.8, 4) is 50.2 Å². The van der Waals surface area contributed by atoms with Gasteiger partial charge in [-0.1, -0.05) is 133 Å². The summed E-state index contributed by atoms with van der Waals surface area (Å²) in [6.07, 6.45) is 4.15. The van der Waals surface area contributed by atoms with Crippen LogP contribution in [0.2, 0.25) is 0 Å². The van der Waals surface area contributed by atoms with E-state index in [-0.39, 0.29) is 0 Å². The molecule has 3 heterocycles. The van der Waals surface area contributed by atoms with E-state index in [0.29, 0.717) is 0 Å². The highest BCUT2D eigenvalue weighted by atomic mass is 16.3. The molecule has 9 aromatic carbocycles. The van der Waals surface area contributed by atoms with Crippen LogP contribution in [0.25, 0.3) is 117 Å². The van der Waals surface area contributed by atoms with Crippen LogP contribution in [-0.4, -0.2) is 4.57 Å². The molecule has 1 aliphatic rings. The molecule has 0 saturated heterocycles. The number of hydrogen-bond donors (Lipinski definition) is 0. The molecule has 1 aliphatic carbocycles. The predicted molar refractivity (Wildman–Crippen MR) is 262 cm³/mol. The summed E-state index contributed by atoms with van der Waals surface area (Å²) in [7, 11) is 0. The number of allylic oxidation sites excluding steroid dienone is 1. The number of benzene rings is 9. The molecule has 0 bridgehead atoms. The third-order valence-corrected chi connectivity index (χ3v) is 13.1. The van der Waals surface area contributed by atoms with Gasteiger partial charge in [0, 0.05) is 50.2 Å². The standard InChI is InChI=1S/C60H39NO2/c1-4-13-38(14-5-1)40-25-29-55-53(34-40)52-21-12-20-48(60(52)61(55)47-17-8-3-9-18-47)43-24-28-51-50-27-23-42(36-58(50)63-59(51)37-43)46-32-44(39-15-6-2-7-16-39)31-45(33-46)41-26-30-57-54(35-41)49-19-10-11-22-56(49)62-57/h1-25,27-29,31-37H,26,30H2. The van der Waals surface area contributed by atoms with Crippen LogP contribution in [0.15, 0.2) is 215 Å². The summed E-state index contributed by atoms with van der Waals surface area (Å²) >= 11 is 0. The van der Waals surface area contributed by atoms with Gasteiger partial charge in [0.05, 0.1) is 11.0 Å². The fourth-order valence-corrected chi connectivity index (χ4v) is 10.0. The molecular formula is C60H39NO2. The second-order valence-electron chi connectivity index (χ2n) is 16.8. The Bertz CT molecular complexity index is 3770. The van der Waals surface area contributed by atoms with Crippen LogP contribution in [0.3, 0.4) is 0 Å². The summed E-state index contributed by atoms with van der Waals surface area (Å²) < 4.78 is 15.5. The molecule has 0 atom stereocenters. The van der Waals surface area contributed by atoms with E-state index in [1.54, 1.807) is 0 Å². The van der Waals surface area contributed by atoms with Crippen LogP contribution in [0.4, 0.5) is 0 Å². The molecule has 0 N–H and O–H groups in total. The van der Waals surface area contributed by atoms with Crippen molar-refractivity contribution in [1.82, 2.24) is 4.57 Å². The highest BCUT2D eigenvalue weighted by Gasteiger charge is 2.21. The normalized spacial score (nSPS) is 12.7. The van der Waals surface area contributed by atoms with Gasteiger partial charge in [-0.15, -0.1) is 0 Å². The smallest absolute Gasteiger partial charge is 0.136 e. The number of para-hydroxylation sites is 3. The Morgan fingerprint density at radius 1 is 0.349 bits per heavy atom. The zero-order valence-corrected chi connectivity index (χ0v) is 34.4. The monoisotopic (exact) mass is 805 g/mol. The molecule has 0 amide bonds. The molecule has 0 radical (unpaired) electrons. The number of aryl methyl sites for hydroxylation is 1. The largest absolute Gasteiger partial charge is 0.460 e. The Morgan fingerprint density at radius 3 is 1.73 bits per heavy atom. The minimum absolute atomic E-state index is 0.875. The number of furan rings is 2. The fraction of sp³-hybridized carbons (Fsp3) is 0.0333. The van der Waals surface area contributed by atoms with Crippen molar-refractivity contribution in [3.05, 3.63) is 223 Å². The van der Waals surface area contributed by atoms with Crippen molar-refractivity contribution in [1.29, 1.82) is 0 Å². The van der Waals surface area contributed by atoms with Crippen LogP contribution >= 0.6 is 0 Å². The summed E-state index contributed by atoms with van der Waals surface area (Å²) in [4.78, 5) is 0. The Balaban J connectivity index is 0.938. The molecule has 12 aromatic rings. The molecule has 0 aliphatic heterocycles. The zero-order valence-electron chi connectivity index (χ0n) is 34.4. The fourth-order valence-electron chi connectivity index (χ4n) is 10.0. The van der Waals surface area contributed by atoms with Gasteiger partial charge < -0.3 is 13.4 Å². The molecule has 13 rings (SSSR count). The van der Waals surface area contributed by atoms with E-state index in [9.17, 15) is 0 Å². The van der Waals surface area contributed by atoms with E-state index < -0.39 is 0 Å². The number of hydrogen-bond acceptors (Lipinski definition) is 2. The predicted octanol–water partition coefficient (Wildman–Crippen LogP) is 16.6. The lowest BCUT2D eigenvalue weighted by Crippen LogP contribution is -1.97. The molecule has 0 saturated carbocycles. The van der Waals surface area contributed by atoms with Crippen LogP contribution in [0.5, 0.6) is 0 Å².